The third kappa shape index (κ3) is 7.87. The van der Waals surface area contributed by atoms with E-state index in [1.165, 1.54) is 4.90 Å². The maximum atomic E-state index is 13.8. The molecule has 3 rings (SSSR count). The van der Waals surface area contributed by atoms with Gasteiger partial charge in [0.2, 0.25) is 21.8 Å². The largest absolute Gasteiger partial charge is 0.352 e. The summed E-state index contributed by atoms with van der Waals surface area (Å²) < 4.78 is 26.7. The van der Waals surface area contributed by atoms with E-state index in [1.54, 1.807) is 30.3 Å². The van der Waals surface area contributed by atoms with Gasteiger partial charge >= 0.3 is 0 Å². The van der Waals surface area contributed by atoms with Gasteiger partial charge in [0.1, 0.15) is 12.6 Å². The van der Waals surface area contributed by atoms with E-state index in [0.717, 1.165) is 41.8 Å². The van der Waals surface area contributed by atoms with Gasteiger partial charge in [-0.1, -0.05) is 75.0 Å². The maximum Gasteiger partial charge on any atom is 0.244 e. The number of hydrogen-bond donors (Lipinski definition) is 1. The van der Waals surface area contributed by atoms with Crippen LogP contribution in [0, 0.1) is 0 Å². The first kappa shape index (κ1) is 30.3. The van der Waals surface area contributed by atoms with Crippen LogP contribution in [0.1, 0.15) is 69.9 Å². The number of sulfonamides is 1. The van der Waals surface area contributed by atoms with Crippen LogP contribution in [0.5, 0.6) is 0 Å². The van der Waals surface area contributed by atoms with Gasteiger partial charge in [0.15, 0.2) is 0 Å². The van der Waals surface area contributed by atoms with Crippen molar-refractivity contribution < 1.29 is 18.0 Å². The minimum absolute atomic E-state index is 0.0370. The molecular formula is C28H37Cl2N3O4S. The van der Waals surface area contributed by atoms with Crippen molar-refractivity contribution in [2.45, 2.75) is 77.4 Å². The molecule has 38 heavy (non-hydrogen) atoms. The smallest absolute Gasteiger partial charge is 0.244 e. The van der Waals surface area contributed by atoms with Crippen LogP contribution in [-0.2, 0) is 26.2 Å². The molecule has 1 aliphatic carbocycles. The van der Waals surface area contributed by atoms with E-state index in [0.29, 0.717) is 27.7 Å². The number of amides is 2. The van der Waals surface area contributed by atoms with Crippen molar-refractivity contribution in [1.29, 1.82) is 0 Å². The summed E-state index contributed by atoms with van der Waals surface area (Å²) in [5, 5.41) is 3.91. The molecule has 0 spiro atoms. The zero-order valence-electron chi connectivity index (χ0n) is 22.4. The molecule has 1 saturated carbocycles. The van der Waals surface area contributed by atoms with E-state index >= 15 is 0 Å². The van der Waals surface area contributed by atoms with Gasteiger partial charge in [0.25, 0.3) is 0 Å². The van der Waals surface area contributed by atoms with Crippen LogP contribution < -0.4 is 9.62 Å². The van der Waals surface area contributed by atoms with Crippen molar-refractivity contribution >= 4 is 50.7 Å². The standard InChI is InChI=1S/C28H37Cl2N3O4S/c1-5-26(28(35)31-23-8-6-7-9-23)32(17-21-10-13-22(29)16-25(21)30)27(34)18-33(38(4,36)37)24-14-11-20(12-15-24)19(2)3/h10-16,19,23,26H,5-9,17-18H2,1-4H3,(H,31,35)/t26-/m0/s1. The van der Waals surface area contributed by atoms with Crippen LogP contribution in [0.2, 0.25) is 10.0 Å². The first-order valence-corrected chi connectivity index (χ1v) is 15.6. The van der Waals surface area contributed by atoms with E-state index in [9.17, 15) is 18.0 Å². The van der Waals surface area contributed by atoms with Gasteiger partial charge in [-0.2, -0.15) is 0 Å². The number of rotatable bonds is 11. The lowest BCUT2D eigenvalue weighted by molar-refractivity contribution is -0.140. The van der Waals surface area contributed by atoms with E-state index in [4.69, 9.17) is 23.2 Å². The molecule has 0 aromatic heterocycles. The molecular weight excluding hydrogens is 545 g/mol. The molecule has 0 radical (unpaired) electrons. The predicted octanol–water partition coefficient (Wildman–Crippen LogP) is 5.75. The van der Waals surface area contributed by atoms with E-state index in [1.807, 2.05) is 32.9 Å². The highest BCUT2D eigenvalue weighted by molar-refractivity contribution is 7.92. The molecule has 7 nitrogen and oxygen atoms in total. The van der Waals surface area contributed by atoms with Crippen molar-refractivity contribution in [3.8, 4) is 0 Å². The first-order valence-electron chi connectivity index (χ1n) is 13.0. The Morgan fingerprint density at radius 1 is 1.05 bits per heavy atom. The maximum absolute atomic E-state index is 13.8. The van der Waals surface area contributed by atoms with Crippen LogP contribution in [0.4, 0.5) is 5.69 Å². The molecule has 10 heteroatoms. The molecule has 0 heterocycles. The SMILES string of the molecule is CC[C@@H](C(=O)NC1CCCC1)N(Cc1ccc(Cl)cc1Cl)C(=O)CN(c1ccc(C(C)C)cc1)S(C)(=O)=O. The van der Waals surface area contributed by atoms with Crippen molar-refractivity contribution in [2.24, 2.45) is 0 Å². The Morgan fingerprint density at radius 2 is 1.68 bits per heavy atom. The van der Waals surface area contributed by atoms with E-state index < -0.39 is 28.5 Å². The summed E-state index contributed by atoms with van der Waals surface area (Å²) >= 11 is 12.5. The van der Waals surface area contributed by atoms with Crippen LogP contribution in [0.25, 0.3) is 0 Å². The summed E-state index contributed by atoms with van der Waals surface area (Å²) in [5.74, 6) is -0.464. The predicted molar refractivity (Wildman–Crippen MR) is 154 cm³/mol. The highest BCUT2D eigenvalue weighted by Crippen LogP contribution is 2.26. The lowest BCUT2D eigenvalue weighted by atomic mass is 10.0. The summed E-state index contributed by atoms with van der Waals surface area (Å²) in [6, 6.07) is 11.4. The topological polar surface area (TPSA) is 86.8 Å². The molecule has 1 aliphatic rings. The van der Waals surface area contributed by atoms with Crippen LogP contribution in [-0.4, -0.2) is 50.0 Å². The van der Waals surface area contributed by atoms with Gasteiger partial charge in [-0.15, -0.1) is 0 Å². The Balaban J connectivity index is 1.94. The molecule has 208 valence electrons. The Bertz CT molecular complexity index is 1230. The second-order valence-electron chi connectivity index (χ2n) is 10.2. The molecule has 1 N–H and O–H groups in total. The highest BCUT2D eigenvalue weighted by Gasteiger charge is 2.33. The lowest BCUT2D eigenvalue weighted by Crippen LogP contribution is -2.53. The van der Waals surface area contributed by atoms with Crippen LogP contribution in [0.15, 0.2) is 42.5 Å². The van der Waals surface area contributed by atoms with Crippen LogP contribution in [0.3, 0.4) is 0 Å². The quantitative estimate of drug-likeness (QED) is 0.366. The monoisotopic (exact) mass is 581 g/mol. The zero-order chi connectivity index (χ0) is 28.0. The molecule has 1 atom stereocenters. The van der Waals surface area contributed by atoms with Crippen molar-refractivity contribution in [1.82, 2.24) is 10.2 Å². The number of carbonyl (C=O) groups excluding carboxylic acids is 2. The molecule has 0 saturated heterocycles. The number of anilines is 1. The third-order valence-electron chi connectivity index (χ3n) is 6.97. The normalized spacial score (nSPS) is 14.9. The van der Waals surface area contributed by atoms with Crippen molar-refractivity contribution in [3.63, 3.8) is 0 Å². The van der Waals surface area contributed by atoms with E-state index in [-0.39, 0.29) is 24.4 Å². The summed E-state index contributed by atoms with van der Waals surface area (Å²) in [6.07, 6.45) is 5.37. The highest BCUT2D eigenvalue weighted by atomic mass is 35.5. The zero-order valence-corrected chi connectivity index (χ0v) is 24.7. The number of nitrogens with zero attached hydrogens (tertiary/aromatic N) is 2. The average Bonchev–Trinajstić information content (AvgIpc) is 3.36. The number of benzene rings is 2. The summed E-state index contributed by atoms with van der Waals surface area (Å²) in [7, 11) is -3.80. The third-order valence-corrected chi connectivity index (χ3v) is 8.70. The van der Waals surface area contributed by atoms with Gasteiger partial charge in [0.05, 0.1) is 11.9 Å². The van der Waals surface area contributed by atoms with Gasteiger partial charge in [-0.05, 0) is 60.6 Å². The fourth-order valence-corrected chi connectivity index (χ4v) is 6.08. The molecule has 0 bridgehead atoms. The Kier molecular flexibility index (Phi) is 10.5. The lowest BCUT2D eigenvalue weighted by Gasteiger charge is -2.33. The summed E-state index contributed by atoms with van der Waals surface area (Å²) in [6.45, 7) is 5.53. The number of nitrogens with one attached hydrogen (secondary N) is 1. The molecule has 2 aromatic rings. The Hall–Kier alpha value is -2.29. The molecule has 0 aliphatic heterocycles. The van der Waals surface area contributed by atoms with Gasteiger partial charge in [-0.3, -0.25) is 13.9 Å². The molecule has 2 amide bonds. The van der Waals surface area contributed by atoms with E-state index in [2.05, 4.69) is 5.32 Å². The minimum atomic E-state index is -3.80. The van der Waals surface area contributed by atoms with Crippen LogP contribution >= 0.6 is 23.2 Å². The molecule has 1 fully saturated rings. The van der Waals surface area contributed by atoms with Crippen molar-refractivity contribution in [2.75, 3.05) is 17.1 Å². The number of hydrogen-bond acceptors (Lipinski definition) is 4. The summed E-state index contributed by atoms with van der Waals surface area (Å²) in [4.78, 5) is 28.6. The Morgan fingerprint density at radius 3 is 2.21 bits per heavy atom. The minimum Gasteiger partial charge on any atom is -0.352 e. The Labute approximate surface area is 236 Å². The first-order chi connectivity index (χ1) is 17.9. The van der Waals surface area contributed by atoms with Gasteiger partial charge in [-0.25, -0.2) is 8.42 Å². The fraction of sp³-hybridized carbons (Fsp3) is 0.500. The molecule has 0 unspecified atom stereocenters. The summed E-state index contributed by atoms with van der Waals surface area (Å²) in [5.41, 5.74) is 2.06. The van der Waals surface area contributed by atoms with Gasteiger partial charge < -0.3 is 10.2 Å². The fourth-order valence-electron chi connectivity index (χ4n) is 4.76. The molecule has 2 aromatic carbocycles. The average molecular weight is 583 g/mol. The second kappa shape index (κ2) is 13.2. The number of carbonyl (C=O) groups is 2. The second-order valence-corrected chi connectivity index (χ2v) is 12.9. The van der Waals surface area contributed by atoms with Crippen molar-refractivity contribution in [3.05, 3.63) is 63.6 Å². The van der Waals surface area contributed by atoms with Gasteiger partial charge in [0, 0.05) is 22.6 Å². The number of halogens is 2.